The highest BCUT2D eigenvalue weighted by molar-refractivity contribution is 5.95. The van der Waals surface area contributed by atoms with Gasteiger partial charge in [0.25, 0.3) is 0 Å². The van der Waals surface area contributed by atoms with E-state index in [9.17, 15) is 28.8 Å². The molecule has 17 nitrogen and oxygen atoms in total. The number of fused-ring (bicyclic) bond motifs is 4. The van der Waals surface area contributed by atoms with Crippen LogP contribution in [-0.2, 0) is 86.0 Å². The SMILES string of the molecule is C.C.C.C.C.C.C.C.C.C.C.C.C.C.C.C.C.C.C.C.C.C.C#CCCC.CCCC#CC(=O)OCC.CCCC#Cc1ccccc1.CCCC(=O)CC(=O)OCC.CCCC(=O)OCC.CCCC=C(C)CC=C(C)C.CCN(CC)C(=O)C(C)C.CCc1ccc(C(=O)OC[C@@H]2O[C@@H]3OC(C)(C)O[C@@H]3[C@H]3OC(C)(C)O[C@H]32)cc1.CCc1ccc(Cn2ccc3ccccc32)cc1. The summed E-state index contributed by atoms with van der Waals surface area (Å²) in [7, 11) is 0. The number of hydrogen-bond acceptors (Lipinski definition) is 15. The molecule has 0 aliphatic carbocycles. The van der Waals surface area contributed by atoms with Crippen LogP contribution in [-0.4, -0.2) is 127 Å². The van der Waals surface area contributed by atoms with Crippen LogP contribution < -0.4 is 0 Å². The number of terminal acetylenes is 1. The highest BCUT2D eigenvalue weighted by Gasteiger charge is 2.61. The van der Waals surface area contributed by atoms with Gasteiger partial charge in [-0.05, 0) is 199 Å². The number of carbonyl (C=O) groups is 6. The first-order chi connectivity index (χ1) is 53.5. The van der Waals surface area contributed by atoms with Crippen molar-refractivity contribution >= 4 is 46.5 Å². The van der Waals surface area contributed by atoms with Crippen molar-refractivity contribution in [1.82, 2.24) is 9.47 Å². The first kappa shape index (κ1) is 185. The average Bonchev–Trinajstić information content (AvgIpc) is 1.59. The van der Waals surface area contributed by atoms with Gasteiger partial charge in [0.05, 0.1) is 25.4 Å². The molecule has 3 fully saturated rings. The molecule has 3 aliphatic rings. The lowest BCUT2D eigenvalue weighted by molar-refractivity contribution is -0.240. The molecule has 0 unspecified atom stereocenters. The summed E-state index contributed by atoms with van der Waals surface area (Å²) in [6, 6.07) is 37.1. The normalized spacial score (nSPS) is 13.3. The van der Waals surface area contributed by atoms with Crippen molar-refractivity contribution in [2.24, 2.45) is 5.92 Å². The van der Waals surface area contributed by atoms with Crippen LogP contribution >= 0.6 is 0 Å². The largest absolute Gasteiger partial charge is 0.466 e. The highest BCUT2D eigenvalue weighted by Crippen LogP contribution is 2.44. The van der Waals surface area contributed by atoms with Crippen molar-refractivity contribution < 1.29 is 71.4 Å². The quantitative estimate of drug-likeness (QED) is 0.0127. The zero-order valence-electron chi connectivity index (χ0n) is 72.4. The minimum Gasteiger partial charge on any atom is -0.466 e. The molecule has 0 saturated carbocycles. The second kappa shape index (κ2) is 111. The number of Topliss-reactive ketones (excluding diaryl/α,β-unsaturated/α-hetero) is 1. The Hall–Kier alpha value is -8.60. The number of aryl methyl sites for hydroxylation is 2. The van der Waals surface area contributed by atoms with E-state index in [1.54, 1.807) is 26.0 Å². The molecule has 0 bridgehead atoms. The zero-order chi connectivity index (χ0) is 84.3. The Balaban J connectivity index is -0.0000000501. The molecule has 0 spiro atoms. The summed E-state index contributed by atoms with van der Waals surface area (Å²) in [6.45, 7) is 47.5. The van der Waals surface area contributed by atoms with Crippen molar-refractivity contribution in [3.63, 3.8) is 0 Å². The summed E-state index contributed by atoms with van der Waals surface area (Å²) in [5, 5.41) is 1.31. The Bertz CT molecular complexity index is 3620. The molecule has 5 aromatic rings. The molecule has 0 radical (unpaired) electrons. The van der Waals surface area contributed by atoms with Gasteiger partial charge in [-0.25, -0.2) is 9.59 Å². The Morgan fingerprint density at radius 1 is 0.478 bits per heavy atom. The summed E-state index contributed by atoms with van der Waals surface area (Å²) in [6.07, 6.45) is 23.5. The molecule has 0 N–H and O–H groups in total. The van der Waals surface area contributed by atoms with E-state index < -0.39 is 54.1 Å². The van der Waals surface area contributed by atoms with Gasteiger partial charge < -0.3 is 52.1 Å². The predicted molar refractivity (Wildman–Crippen MR) is 603 cm³/mol. The van der Waals surface area contributed by atoms with Gasteiger partial charge in [0.1, 0.15) is 43.2 Å². The maximum absolute atomic E-state index is 12.4. The van der Waals surface area contributed by atoms with E-state index >= 15 is 0 Å². The lowest BCUT2D eigenvalue weighted by Crippen LogP contribution is -2.56. The summed E-state index contributed by atoms with van der Waals surface area (Å²) in [4.78, 5) is 68.0. The number of rotatable bonds is 26. The first-order valence-electron chi connectivity index (χ1n) is 40.8. The van der Waals surface area contributed by atoms with E-state index in [1.807, 2.05) is 130 Å². The van der Waals surface area contributed by atoms with Gasteiger partial charge >= 0.3 is 23.9 Å². The van der Waals surface area contributed by atoms with Gasteiger partial charge in [-0.1, -0.05) is 353 Å². The van der Waals surface area contributed by atoms with Crippen molar-refractivity contribution in [3.05, 3.63) is 167 Å². The lowest BCUT2D eigenvalue weighted by Gasteiger charge is -2.36. The summed E-state index contributed by atoms with van der Waals surface area (Å²) in [5.41, 5.74) is 9.75. The molecule has 1 aromatic heterocycles. The second-order valence-corrected chi connectivity index (χ2v) is 28.0. The molecule has 8 rings (SSSR count). The number of allylic oxidation sites excluding steroid dienone is 4. The molecule has 5 atom stereocenters. The third-order valence-corrected chi connectivity index (χ3v) is 16.4. The van der Waals surface area contributed by atoms with Crippen LogP contribution in [0.1, 0.15) is 438 Å². The summed E-state index contributed by atoms with van der Waals surface area (Å²) in [5.74, 6) is 11.3. The number of carbonyl (C=O) groups excluding carboxylic acids is 6. The van der Waals surface area contributed by atoms with E-state index in [4.69, 9.17) is 34.8 Å². The van der Waals surface area contributed by atoms with Gasteiger partial charge in [0.2, 0.25) is 5.91 Å². The maximum Gasteiger partial charge on any atom is 0.384 e. The number of ether oxygens (including phenoxy) is 9. The van der Waals surface area contributed by atoms with Crippen molar-refractivity contribution in [3.8, 4) is 36.0 Å². The second-order valence-electron chi connectivity index (χ2n) is 28.0. The molecule has 4 aromatic carbocycles. The number of aromatic nitrogens is 1. The number of benzene rings is 4. The monoisotopic (exact) mass is 1900 g/mol. The lowest BCUT2D eigenvalue weighted by atomic mass is 9.99. The van der Waals surface area contributed by atoms with Gasteiger partial charge in [0, 0.05) is 80.9 Å². The van der Waals surface area contributed by atoms with Gasteiger partial charge in [-0.3, -0.25) is 19.2 Å². The van der Waals surface area contributed by atoms with Crippen LogP contribution in [0.3, 0.4) is 0 Å². The minimum absolute atomic E-state index is 0. The number of ketones is 1. The fourth-order valence-electron chi connectivity index (χ4n) is 10.6. The summed E-state index contributed by atoms with van der Waals surface area (Å²) >= 11 is 0. The molecule has 134 heavy (non-hydrogen) atoms. The van der Waals surface area contributed by atoms with Crippen molar-refractivity contribution in [2.75, 3.05) is 39.5 Å². The minimum atomic E-state index is -0.776. The Morgan fingerprint density at radius 3 is 1.36 bits per heavy atom. The van der Waals surface area contributed by atoms with E-state index in [0.717, 1.165) is 95.8 Å². The number of hydrogen-bond donors (Lipinski definition) is 0. The standard InChI is InChI=1S/C21H28O7.C17H17N.C11H12.C11H20.C8H17NO.C8H14O3.C8H12O2.C6H12O2.C5H8.22CH4/c1-6-12-7-9-13(10-8-12)18(22)23-11-14-15-16(26-20(2,3)25-15)17-19(24-14)28-21(4,5)27-17;1-2-14-7-9-15(10-8-14)13-18-12-11-16-5-3-4-6-17(16)18;1-2-3-5-8-11-9-6-4-7-10-11;1-5-6-7-11(4)9-8-10(2)3;1-5-9(6-2)8(10)7(3)4;1-3-5-7(9)6-8(10)11-4-2;1-3-5-6-7-8(9)10-4-2;1-3-5-6(7)8-4-2;1-3-5-4-2;;;;;;;;;;;;;;;;;;;;;;/h7-10,14-17,19H,6,11H2,1-5H3;3-12H,2,13H2,1H3;4,6-7,9-10H,2-3H2,1H3;7-8H,5-6,9H2,1-4H3;7H,5-6H2,1-4H3;3-6H2,1-2H3;3-5H2,1-2H3;3-5H2,1-2H3;1H,4-5H2,2H3;22*1H4/t14-,15-,16-,17+,19+;;;;;;;;;;;;;;;;;;;;;;;;;;;;;;/m0............................../s1. The average molecular weight is 1900 g/mol. The molecule has 17 heteroatoms. The van der Waals surface area contributed by atoms with E-state index in [0.29, 0.717) is 38.2 Å². The third kappa shape index (κ3) is 83.9. The maximum atomic E-state index is 12.4. The fourth-order valence-corrected chi connectivity index (χ4v) is 10.6. The molecule has 4 heterocycles. The first-order valence-corrected chi connectivity index (χ1v) is 40.8. The van der Waals surface area contributed by atoms with E-state index in [1.165, 1.54) is 51.6 Å². The number of unbranched alkanes of at least 4 members (excludes halogenated alkanes) is 4. The summed E-state index contributed by atoms with van der Waals surface area (Å²) < 4.78 is 51.6. The van der Waals surface area contributed by atoms with Crippen LogP contribution in [0.4, 0.5) is 0 Å². The molecular formula is C117H228N2O15. The molecular weight excluding hydrogens is 1670 g/mol. The van der Waals surface area contributed by atoms with Crippen LogP contribution in [0.25, 0.3) is 10.9 Å². The van der Waals surface area contributed by atoms with Crippen molar-refractivity contribution in [1.29, 1.82) is 0 Å². The Kier molecular flexibility index (Phi) is 154. The van der Waals surface area contributed by atoms with Crippen LogP contribution in [0.15, 0.2) is 139 Å². The third-order valence-electron chi connectivity index (χ3n) is 16.4. The van der Waals surface area contributed by atoms with Crippen LogP contribution in [0, 0.1) is 41.9 Å². The highest BCUT2D eigenvalue weighted by atomic mass is 16.9. The van der Waals surface area contributed by atoms with Gasteiger partial charge in [-0.2, -0.15) is 0 Å². The van der Waals surface area contributed by atoms with Gasteiger partial charge in [0.15, 0.2) is 17.9 Å². The van der Waals surface area contributed by atoms with E-state index in [2.05, 4.69) is 177 Å². The number of nitrogens with zero attached hydrogens (tertiary/aromatic N) is 2. The predicted octanol–water partition coefficient (Wildman–Crippen LogP) is 34.9. The molecule has 3 saturated heterocycles. The topological polar surface area (TPSA) is 194 Å². The van der Waals surface area contributed by atoms with Crippen molar-refractivity contribution in [2.45, 2.75) is 467 Å². The van der Waals surface area contributed by atoms with Crippen LogP contribution in [0.5, 0.6) is 0 Å². The molecule has 796 valence electrons. The van der Waals surface area contributed by atoms with E-state index in [-0.39, 0.29) is 206 Å². The number of para-hydroxylation sites is 1. The number of esters is 4. The van der Waals surface area contributed by atoms with Gasteiger partial charge in [-0.15, -0.1) is 12.3 Å². The zero-order valence-corrected chi connectivity index (χ0v) is 72.4. The molecule has 3 aliphatic heterocycles. The smallest absolute Gasteiger partial charge is 0.384 e. The fraction of sp³-hybridized carbons (Fsp3) is 0.641. The Labute approximate surface area is 837 Å². The Morgan fingerprint density at radius 2 is 0.925 bits per heavy atom. The number of amides is 1. The van der Waals surface area contributed by atoms with Crippen LogP contribution in [0.2, 0.25) is 0 Å². The molecule has 1 amide bonds.